The smallest absolute Gasteiger partial charge is 0.276 e. The number of thioether (sulfide) groups is 1. The molecule has 0 aliphatic carbocycles. The molecule has 6 rings (SSSR count). The third kappa shape index (κ3) is 3.79. The summed E-state index contributed by atoms with van der Waals surface area (Å²) in [6.45, 7) is 0. The number of hydrogen-bond donors (Lipinski definition) is 1. The van der Waals surface area contributed by atoms with Gasteiger partial charge in [-0.05, 0) is 29.1 Å². The zero-order chi connectivity index (χ0) is 24.6. The maximum atomic E-state index is 14.2. The lowest BCUT2D eigenvalue weighted by Crippen LogP contribution is -2.50. The lowest BCUT2D eigenvalue weighted by atomic mass is 10.00. The van der Waals surface area contributed by atoms with Gasteiger partial charge in [0, 0.05) is 21.9 Å². The SMILES string of the molecule is COc1ccc([C@H]2N=c3ccccc3=C3C(=O)NC(SCc4ccccc4F)=NN32)c2ccccc12. The summed E-state index contributed by atoms with van der Waals surface area (Å²) in [7, 11) is 1.65. The van der Waals surface area contributed by atoms with Gasteiger partial charge in [0.15, 0.2) is 11.3 Å². The first-order valence-electron chi connectivity index (χ1n) is 11.4. The molecule has 2 aliphatic heterocycles. The van der Waals surface area contributed by atoms with Crippen LogP contribution in [0.15, 0.2) is 95.0 Å². The molecule has 1 atom stereocenters. The number of nitrogens with zero attached hydrogens (tertiary/aromatic N) is 3. The minimum Gasteiger partial charge on any atom is -0.496 e. The molecule has 178 valence electrons. The van der Waals surface area contributed by atoms with Gasteiger partial charge in [0.1, 0.15) is 17.3 Å². The van der Waals surface area contributed by atoms with E-state index >= 15 is 0 Å². The van der Waals surface area contributed by atoms with Crippen molar-refractivity contribution in [3.8, 4) is 5.75 Å². The Labute approximate surface area is 210 Å². The Morgan fingerprint density at radius 1 is 0.972 bits per heavy atom. The average Bonchev–Trinajstić information content (AvgIpc) is 2.91. The van der Waals surface area contributed by atoms with E-state index in [0.29, 0.717) is 27.4 Å². The van der Waals surface area contributed by atoms with Crippen molar-refractivity contribution < 1.29 is 13.9 Å². The van der Waals surface area contributed by atoms with Crippen molar-refractivity contribution in [3.05, 3.63) is 112 Å². The van der Waals surface area contributed by atoms with Crippen molar-refractivity contribution in [2.75, 3.05) is 7.11 Å². The molecule has 2 heterocycles. The summed E-state index contributed by atoms with van der Waals surface area (Å²) in [6, 6.07) is 26.0. The normalized spacial score (nSPS) is 16.6. The number of ether oxygens (including phenoxy) is 1. The molecular weight excluding hydrogens is 475 g/mol. The van der Waals surface area contributed by atoms with E-state index in [0.717, 1.165) is 27.4 Å². The van der Waals surface area contributed by atoms with Gasteiger partial charge in [-0.1, -0.05) is 78.5 Å². The van der Waals surface area contributed by atoms with Gasteiger partial charge in [-0.15, -0.1) is 5.10 Å². The van der Waals surface area contributed by atoms with Gasteiger partial charge in [-0.3, -0.25) is 15.1 Å². The van der Waals surface area contributed by atoms with E-state index in [-0.39, 0.29) is 11.7 Å². The second-order valence-electron chi connectivity index (χ2n) is 8.36. The number of rotatable bonds is 4. The summed E-state index contributed by atoms with van der Waals surface area (Å²) in [5.41, 5.74) is 1.87. The van der Waals surface area contributed by atoms with E-state index in [1.165, 1.54) is 17.8 Å². The van der Waals surface area contributed by atoms with Gasteiger partial charge in [0.25, 0.3) is 5.91 Å². The fourth-order valence-corrected chi connectivity index (χ4v) is 5.39. The van der Waals surface area contributed by atoms with Crippen molar-refractivity contribution in [2.45, 2.75) is 11.9 Å². The predicted molar refractivity (Wildman–Crippen MR) is 139 cm³/mol. The minimum atomic E-state index is -0.569. The molecule has 1 amide bonds. The topological polar surface area (TPSA) is 66.3 Å². The van der Waals surface area contributed by atoms with Crippen LogP contribution in [0.5, 0.6) is 5.75 Å². The molecule has 4 aromatic carbocycles. The Bertz CT molecular complexity index is 1670. The van der Waals surface area contributed by atoms with Gasteiger partial charge < -0.3 is 4.74 Å². The van der Waals surface area contributed by atoms with Gasteiger partial charge in [-0.25, -0.2) is 9.40 Å². The fourth-order valence-electron chi connectivity index (χ4n) is 4.55. The highest BCUT2D eigenvalue weighted by Gasteiger charge is 2.35. The Kier molecular flexibility index (Phi) is 5.65. The summed E-state index contributed by atoms with van der Waals surface area (Å²) < 4.78 is 19.7. The Morgan fingerprint density at radius 2 is 1.72 bits per heavy atom. The second kappa shape index (κ2) is 9.13. The van der Waals surface area contributed by atoms with Crippen LogP contribution in [-0.2, 0) is 10.5 Å². The minimum absolute atomic E-state index is 0.272. The molecule has 0 radical (unpaired) electrons. The van der Waals surface area contributed by atoms with E-state index < -0.39 is 6.17 Å². The first-order chi connectivity index (χ1) is 17.6. The van der Waals surface area contributed by atoms with Crippen LogP contribution in [0.4, 0.5) is 4.39 Å². The van der Waals surface area contributed by atoms with Crippen LogP contribution < -0.4 is 20.6 Å². The Balaban J connectivity index is 1.49. The maximum absolute atomic E-state index is 14.2. The van der Waals surface area contributed by atoms with Crippen LogP contribution in [0, 0.1) is 5.82 Å². The van der Waals surface area contributed by atoms with E-state index in [4.69, 9.17) is 14.8 Å². The first kappa shape index (κ1) is 22.3. The van der Waals surface area contributed by atoms with Crippen molar-refractivity contribution in [3.63, 3.8) is 0 Å². The summed E-state index contributed by atoms with van der Waals surface area (Å²) in [5.74, 6) is 0.533. The Hall–Kier alpha value is -4.17. The van der Waals surface area contributed by atoms with Crippen LogP contribution in [-0.4, -0.2) is 23.2 Å². The quantitative estimate of drug-likeness (QED) is 0.463. The molecule has 0 saturated heterocycles. The van der Waals surface area contributed by atoms with E-state index in [1.807, 2.05) is 60.7 Å². The third-order valence-electron chi connectivity index (χ3n) is 6.25. The molecule has 6 nitrogen and oxygen atoms in total. The molecule has 0 fully saturated rings. The number of hydrazone groups is 1. The third-order valence-corrected chi connectivity index (χ3v) is 7.17. The number of fused-ring (bicyclic) bond motifs is 3. The monoisotopic (exact) mass is 496 g/mol. The number of para-hydroxylation sites is 1. The largest absolute Gasteiger partial charge is 0.496 e. The fraction of sp³-hybridized carbons (Fsp3) is 0.107. The number of nitrogens with one attached hydrogen (secondary N) is 1. The number of carbonyl (C=O) groups is 1. The number of hydrogen-bond acceptors (Lipinski definition) is 6. The lowest BCUT2D eigenvalue weighted by Gasteiger charge is -2.34. The number of methoxy groups -OCH3 is 1. The summed E-state index contributed by atoms with van der Waals surface area (Å²) in [5, 5.41) is 13.1. The van der Waals surface area contributed by atoms with E-state index in [2.05, 4.69) is 5.32 Å². The molecular formula is C28H21FN4O2S. The number of amidine groups is 1. The van der Waals surface area contributed by atoms with Crippen LogP contribution in [0.1, 0.15) is 17.3 Å². The van der Waals surface area contributed by atoms with Crippen molar-refractivity contribution in [1.29, 1.82) is 0 Å². The molecule has 0 spiro atoms. The highest BCUT2D eigenvalue weighted by Crippen LogP contribution is 2.37. The number of halogens is 1. The van der Waals surface area contributed by atoms with Crippen molar-refractivity contribution in [2.24, 2.45) is 10.1 Å². The second-order valence-corrected chi connectivity index (χ2v) is 9.32. The standard InChI is InChI=1S/C28H21FN4O2S/c1-35-24-15-14-20(18-9-3-4-10-19(18)24)26-30-23-13-7-5-11-21(23)25-27(34)31-28(32-33(25)26)36-16-17-8-2-6-12-22(17)29/h2-15,26H,16H2,1H3,(H,31,32,34)/t26-/m0/s1. The maximum Gasteiger partial charge on any atom is 0.276 e. The van der Waals surface area contributed by atoms with Crippen LogP contribution >= 0.6 is 11.8 Å². The van der Waals surface area contributed by atoms with Gasteiger partial charge in [0.05, 0.1) is 12.5 Å². The number of amides is 1. The van der Waals surface area contributed by atoms with Gasteiger partial charge in [0.2, 0.25) is 0 Å². The average molecular weight is 497 g/mol. The van der Waals surface area contributed by atoms with Crippen molar-refractivity contribution in [1.82, 2.24) is 10.3 Å². The lowest BCUT2D eigenvalue weighted by molar-refractivity contribution is -0.116. The van der Waals surface area contributed by atoms with Crippen LogP contribution in [0.2, 0.25) is 0 Å². The van der Waals surface area contributed by atoms with Gasteiger partial charge >= 0.3 is 0 Å². The number of benzene rings is 4. The molecule has 1 N–H and O–H groups in total. The van der Waals surface area contributed by atoms with Gasteiger partial charge in [-0.2, -0.15) is 0 Å². The molecule has 0 saturated carbocycles. The Morgan fingerprint density at radius 3 is 2.56 bits per heavy atom. The highest BCUT2D eigenvalue weighted by atomic mass is 32.2. The summed E-state index contributed by atoms with van der Waals surface area (Å²) in [4.78, 5) is 18.4. The zero-order valence-electron chi connectivity index (χ0n) is 19.3. The summed E-state index contributed by atoms with van der Waals surface area (Å²) in [6.07, 6.45) is -0.569. The molecule has 36 heavy (non-hydrogen) atoms. The highest BCUT2D eigenvalue weighted by molar-refractivity contribution is 8.13. The molecule has 8 heteroatoms. The van der Waals surface area contributed by atoms with Crippen molar-refractivity contribution >= 4 is 39.3 Å². The predicted octanol–water partition coefficient (Wildman–Crippen LogP) is 4.06. The van der Waals surface area contributed by atoms with E-state index in [1.54, 1.807) is 30.3 Å². The molecule has 2 aliphatic rings. The molecule has 0 bridgehead atoms. The summed E-state index contributed by atoms with van der Waals surface area (Å²) >= 11 is 1.27. The van der Waals surface area contributed by atoms with E-state index in [9.17, 15) is 9.18 Å². The molecule has 0 unspecified atom stereocenters. The number of carbonyl (C=O) groups excluding carboxylic acids is 1. The molecule has 4 aromatic rings. The molecule has 0 aromatic heterocycles. The zero-order valence-corrected chi connectivity index (χ0v) is 20.1. The van der Waals surface area contributed by atoms with Crippen LogP contribution in [0.3, 0.4) is 0 Å². The first-order valence-corrected chi connectivity index (χ1v) is 12.4. The van der Waals surface area contributed by atoms with Crippen LogP contribution in [0.25, 0.3) is 16.5 Å².